The summed E-state index contributed by atoms with van der Waals surface area (Å²) in [5.74, 6) is 0.514. The number of carbonyl (C=O) groups excluding carboxylic acids is 1. The van der Waals surface area contributed by atoms with Crippen molar-refractivity contribution in [3.8, 4) is 11.3 Å². The highest BCUT2D eigenvalue weighted by Crippen LogP contribution is 2.31. The summed E-state index contributed by atoms with van der Waals surface area (Å²) < 4.78 is 7.63. The average Bonchev–Trinajstić information content (AvgIpc) is 2.93. The molecule has 0 bridgehead atoms. The van der Waals surface area contributed by atoms with Crippen molar-refractivity contribution in [1.29, 1.82) is 0 Å². The second-order valence-corrected chi connectivity index (χ2v) is 4.74. The van der Waals surface area contributed by atoms with Crippen LogP contribution >= 0.6 is 15.9 Å². The quantitative estimate of drug-likeness (QED) is 0.693. The maximum Gasteiger partial charge on any atom is 0.229 e. The molecule has 18 heavy (non-hydrogen) atoms. The lowest BCUT2D eigenvalue weighted by Crippen LogP contribution is -2.03. The Kier molecular flexibility index (Phi) is 2.52. The number of aromatic nitrogens is 3. The van der Waals surface area contributed by atoms with Crippen molar-refractivity contribution in [3.05, 3.63) is 35.5 Å². The maximum absolute atomic E-state index is 11.6. The molecule has 90 valence electrons. The maximum atomic E-state index is 11.6. The van der Waals surface area contributed by atoms with Gasteiger partial charge in [0.05, 0.1) is 6.20 Å². The molecule has 3 aromatic rings. The fraction of sp³-hybridized carbons (Fsp3) is 0.0833. The van der Waals surface area contributed by atoms with Crippen LogP contribution in [0.3, 0.4) is 0 Å². The molecule has 0 atom stereocenters. The molecule has 0 amide bonds. The Balaban J connectivity index is 2.38. The van der Waals surface area contributed by atoms with Gasteiger partial charge >= 0.3 is 0 Å². The first-order chi connectivity index (χ1) is 8.66. The van der Waals surface area contributed by atoms with E-state index >= 15 is 0 Å². The molecule has 0 aliphatic rings. The van der Waals surface area contributed by atoms with Crippen molar-refractivity contribution in [3.63, 3.8) is 0 Å². The minimum absolute atomic E-state index is 0.0967. The zero-order valence-electron chi connectivity index (χ0n) is 9.42. The van der Waals surface area contributed by atoms with Crippen LogP contribution in [0.1, 0.15) is 11.7 Å². The molecule has 0 N–H and O–H groups in total. The Morgan fingerprint density at radius 1 is 1.44 bits per heavy atom. The molecule has 6 heteroatoms. The van der Waals surface area contributed by atoms with Gasteiger partial charge in [-0.1, -0.05) is 0 Å². The second kappa shape index (κ2) is 4.06. The zero-order chi connectivity index (χ0) is 12.7. The van der Waals surface area contributed by atoms with Gasteiger partial charge in [0.2, 0.25) is 5.91 Å². The number of rotatable bonds is 1. The summed E-state index contributed by atoms with van der Waals surface area (Å²) in [5, 5.41) is 0.844. The molecule has 5 nitrogen and oxygen atoms in total. The summed E-state index contributed by atoms with van der Waals surface area (Å²) in [6.07, 6.45) is 6.34. The Labute approximate surface area is 111 Å². The fourth-order valence-electron chi connectivity index (χ4n) is 1.87. The van der Waals surface area contributed by atoms with E-state index in [1.54, 1.807) is 18.6 Å². The Morgan fingerprint density at radius 3 is 2.94 bits per heavy atom. The number of hydrogen-bond acceptors (Lipinski definition) is 4. The van der Waals surface area contributed by atoms with E-state index in [0.29, 0.717) is 11.4 Å². The molecule has 0 spiro atoms. The van der Waals surface area contributed by atoms with Crippen molar-refractivity contribution >= 4 is 32.9 Å². The highest BCUT2D eigenvalue weighted by atomic mass is 79.9. The number of pyridine rings is 1. The van der Waals surface area contributed by atoms with Crippen molar-refractivity contribution in [2.24, 2.45) is 0 Å². The Bertz CT molecular complexity index is 731. The fourth-order valence-corrected chi connectivity index (χ4v) is 2.20. The van der Waals surface area contributed by atoms with Crippen molar-refractivity contribution in [2.75, 3.05) is 0 Å². The van der Waals surface area contributed by atoms with E-state index in [4.69, 9.17) is 4.42 Å². The van der Waals surface area contributed by atoms with Crippen molar-refractivity contribution < 1.29 is 9.21 Å². The van der Waals surface area contributed by atoms with E-state index in [0.717, 1.165) is 15.4 Å². The van der Waals surface area contributed by atoms with E-state index in [9.17, 15) is 4.79 Å². The van der Waals surface area contributed by atoms with Gasteiger partial charge in [0, 0.05) is 34.7 Å². The summed E-state index contributed by atoms with van der Waals surface area (Å²) in [4.78, 5) is 19.7. The summed E-state index contributed by atoms with van der Waals surface area (Å²) in [6, 6.07) is 1.90. The highest BCUT2D eigenvalue weighted by Gasteiger charge is 2.15. The van der Waals surface area contributed by atoms with E-state index in [1.165, 1.54) is 17.9 Å². The molecule has 0 aliphatic carbocycles. The second-order valence-electron chi connectivity index (χ2n) is 3.82. The molecular weight excluding hydrogens is 298 g/mol. The highest BCUT2D eigenvalue weighted by molar-refractivity contribution is 9.10. The first-order valence-corrected chi connectivity index (χ1v) is 6.02. The molecular formula is C12H8BrN3O2. The first-order valence-electron chi connectivity index (χ1n) is 5.23. The molecule has 3 rings (SSSR count). The van der Waals surface area contributed by atoms with Crippen LogP contribution in [0.4, 0.5) is 0 Å². The standard InChI is InChI=1S/C12H8BrN3O2/c1-7(17)16-5-10(11-4-14-6-18-11)9-2-8(13)3-15-12(9)16/h2-6H,1H3. The lowest BCUT2D eigenvalue weighted by molar-refractivity contribution is 0.0941. The van der Waals surface area contributed by atoms with Crippen LogP contribution in [0.5, 0.6) is 0 Å². The summed E-state index contributed by atoms with van der Waals surface area (Å²) in [6.45, 7) is 1.49. The number of fused-ring (bicyclic) bond motifs is 1. The van der Waals surface area contributed by atoms with Crippen LogP contribution in [-0.2, 0) is 0 Å². The minimum atomic E-state index is -0.0967. The van der Waals surface area contributed by atoms with Gasteiger partial charge in [0.1, 0.15) is 5.65 Å². The molecule has 3 aromatic heterocycles. The average molecular weight is 306 g/mol. The molecule has 3 heterocycles. The SMILES string of the molecule is CC(=O)n1cc(-c2cnco2)c2cc(Br)cnc21. The largest absolute Gasteiger partial charge is 0.443 e. The van der Waals surface area contributed by atoms with E-state index < -0.39 is 0 Å². The summed E-state index contributed by atoms with van der Waals surface area (Å²) >= 11 is 3.37. The van der Waals surface area contributed by atoms with Crippen molar-refractivity contribution in [1.82, 2.24) is 14.5 Å². The van der Waals surface area contributed by atoms with Gasteiger partial charge in [0.25, 0.3) is 0 Å². The predicted octanol–water partition coefficient (Wildman–Crippen LogP) is 3.11. The third-order valence-electron chi connectivity index (χ3n) is 2.65. The summed E-state index contributed by atoms with van der Waals surface area (Å²) in [7, 11) is 0. The van der Waals surface area contributed by atoms with Crippen LogP contribution in [0.25, 0.3) is 22.4 Å². The zero-order valence-corrected chi connectivity index (χ0v) is 11.0. The Hall–Kier alpha value is -1.95. The van der Waals surface area contributed by atoms with E-state index in [2.05, 4.69) is 25.9 Å². The van der Waals surface area contributed by atoms with Crippen LogP contribution in [0.2, 0.25) is 0 Å². The molecule has 0 saturated carbocycles. The summed E-state index contributed by atoms with van der Waals surface area (Å²) in [5.41, 5.74) is 1.41. The number of oxazole rings is 1. The first kappa shape index (κ1) is 11.2. The normalized spacial score (nSPS) is 11.0. The van der Waals surface area contributed by atoms with Gasteiger partial charge in [-0.05, 0) is 22.0 Å². The lowest BCUT2D eigenvalue weighted by atomic mass is 10.2. The van der Waals surface area contributed by atoms with Crippen molar-refractivity contribution in [2.45, 2.75) is 6.92 Å². The van der Waals surface area contributed by atoms with Crippen LogP contribution in [0, 0.1) is 0 Å². The molecule has 0 unspecified atom stereocenters. The van der Waals surface area contributed by atoms with E-state index in [-0.39, 0.29) is 5.91 Å². The molecule has 0 aliphatic heterocycles. The smallest absolute Gasteiger partial charge is 0.229 e. The van der Waals surface area contributed by atoms with E-state index in [1.807, 2.05) is 6.07 Å². The van der Waals surface area contributed by atoms with Gasteiger partial charge in [0.15, 0.2) is 12.2 Å². The van der Waals surface area contributed by atoms with Crippen LogP contribution in [-0.4, -0.2) is 20.4 Å². The number of nitrogens with zero attached hydrogens (tertiary/aromatic N) is 3. The molecule has 0 aromatic carbocycles. The van der Waals surface area contributed by atoms with Gasteiger partial charge in [-0.25, -0.2) is 9.97 Å². The monoisotopic (exact) mass is 305 g/mol. The van der Waals surface area contributed by atoms with Gasteiger partial charge in [-0.2, -0.15) is 0 Å². The number of hydrogen-bond donors (Lipinski definition) is 0. The van der Waals surface area contributed by atoms with Crippen LogP contribution in [0.15, 0.2) is 39.9 Å². The molecule has 0 saturated heterocycles. The number of halogens is 1. The third-order valence-corrected chi connectivity index (χ3v) is 3.08. The van der Waals surface area contributed by atoms with Gasteiger partial charge in [-0.3, -0.25) is 9.36 Å². The van der Waals surface area contributed by atoms with Gasteiger partial charge in [-0.15, -0.1) is 0 Å². The van der Waals surface area contributed by atoms with Gasteiger partial charge < -0.3 is 4.42 Å². The van der Waals surface area contributed by atoms with Crippen LogP contribution < -0.4 is 0 Å². The third kappa shape index (κ3) is 1.65. The molecule has 0 radical (unpaired) electrons. The minimum Gasteiger partial charge on any atom is -0.443 e. The topological polar surface area (TPSA) is 60.9 Å². The predicted molar refractivity (Wildman–Crippen MR) is 69.2 cm³/mol. The Morgan fingerprint density at radius 2 is 2.28 bits per heavy atom. The lowest BCUT2D eigenvalue weighted by Gasteiger charge is -1.97. The molecule has 0 fully saturated rings. The number of carbonyl (C=O) groups is 1.